The van der Waals surface area contributed by atoms with Crippen molar-refractivity contribution in [3.8, 4) is 0 Å². The van der Waals surface area contributed by atoms with Gasteiger partial charge in [-0.15, -0.1) is 6.58 Å². The maximum absolute atomic E-state index is 12.1. The van der Waals surface area contributed by atoms with Gasteiger partial charge in [-0.1, -0.05) is 13.0 Å². The third-order valence-electron chi connectivity index (χ3n) is 3.04. The standard InChI is InChI=1S/C12H14O2/c1-3-6-12(2)7-4-10-9(11(12)13)5-8-14-10/h3,5,8H,1,4,6-7H2,2H3/t12-/m0/s1. The topological polar surface area (TPSA) is 30.2 Å². The van der Waals surface area contributed by atoms with E-state index in [-0.39, 0.29) is 11.2 Å². The first-order valence-electron chi connectivity index (χ1n) is 4.89. The minimum Gasteiger partial charge on any atom is -0.469 e. The third-order valence-corrected chi connectivity index (χ3v) is 3.04. The molecule has 0 spiro atoms. The number of fused-ring (bicyclic) bond motifs is 1. The fourth-order valence-corrected chi connectivity index (χ4v) is 2.08. The van der Waals surface area contributed by atoms with E-state index in [4.69, 9.17) is 4.42 Å². The summed E-state index contributed by atoms with van der Waals surface area (Å²) in [4.78, 5) is 12.1. The first-order chi connectivity index (χ1) is 6.67. The Labute approximate surface area is 83.6 Å². The van der Waals surface area contributed by atoms with Gasteiger partial charge in [0.25, 0.3) is 0 Å². The minimum atomic E-state index is -0.265. The van der Waals surface area contributed by atoms with Crippen molar-refractivity contribution in [1.82, 2.24) is 0 Å². The number of ketones is 1. The number of allylic oxidation sites excluding steroid dienone is 1. The predicted octanol–water partition coefficient (Wildman–Crippen LogP) is 2.99. The molecule has 0 fully saturated rings. The monoisotopic (exact) mass is 190 g/mol. The summed E-state index contributed by atoms with van der Waals surface area (Å²) < 4.78 is 5.25. The first kappa shape index (κ1) is 9.25. The van der Waals surface area contributed by atoms with Gasteiger partial charge in [0.1, 0.15) is 5.76 Å². The van der Waals surface area contributed by atoms with E-state index >= 15 is 0 Å². The van der Waals surface area contributed by atoms with E-state index in [1.807, 2.05) is 13.0 Å². The largest absolute Gasteiger partial charge is 0.469 e. The molecule has 0 N–H and O–H groups in total. The van der Waals surface area contributed by atoms with Crippen molar-refractivity contribution in [2.75, 3.05) is 0 Å². The van der Waals surface area contributed by atoms with Crippen LogP contribution >= 0.6 is 0 Å². The zero-order chi connectivity index (χ0) is 10.2. The van der Waals surface area contributed by atoms with E-state index in [0.29, 0.717) is 0 Å². The molecule has 2 rings (SSSR count). The van der Waals surface area contributed by atoms with E-state index in [0.717, 1.165) is 30.6 Å². The lowest BCUT2D eigenvalue weighted by Gasteiger charge is -2.30. The molecular weight excluding hydrogens is 176 g/mol. The summed E-state index contributed by atoms with van der Waals surface area (Å²) in [5.74, 6) is 1.05. The molecule has 0 aliphatic heterocycles. The molecule has 1 aromatic rings. The molecule has 0 saturated carbocycles. The number of carbonyl (C=O) groups is 1. The van der Waals surface area contributed by atoms with Crippen LogP contribution in [0.15, 0.2) is 29.4 Å². The van der Waals surface area contributed by atoms with Crippen LogP contribution in [0.5, 0.6) is 0 Å². The molecule has 0 bridgehead atoms. The molecule has 2 nitrogen and oxygen atoms in total. The molecule has 1 aliphatic carbocycles. The van der Waals surface area contributed by atoms with Crippen molar-refractivity contribution in [2.45, 2.75) is 26.2 Å². The first-order valence-corrected chi connectivity index (χ1v) is 4.89. The molecule has 1 aromatic heterocycles. The Morgan fingerprint density at radius 2 is 2.50 bits per heavy atom. The highest BCUT2D eigenvalue weighted by Gasteiger charge is 2.38. The van der Waals surface area contributed by atoms with Crippen molar-refractivity contribution in [3.05, 3.63) is 36.3 Å². The Hall–Kier alpha value is -1.31. The average molecular weight is 190 g/mol. The number of hydrogen-bond acceptors (Lipinski definition) is 2. The van der Waals surface area contributed by atoms with E-state index in [2.05, 4.69) is 6.58 Å². The zero-order valence-electron chi connectivity index (χ0n) is 8.38. The molecule has 0 unspecified atom stereocenters. The normalized spacial score (nSPS) is 25.9. The summed E-state index contributed by atoms with van der Waals surface area (Å²) in [7, 11) is 0. The van der Waals surface area contributed by atoms with Crippen LogP contribution in [0.4, 0.5) is 0 Å². The second-order valence-electron chi connectivity index (χ2n) is 4.14. The second kappa shape index (κ2) is 3.12. The van der Waals surface area contributed by atoms with Crippen molar-refractivity contribution >= 4 is 5.78 Å². The summed E-state index contributed by atoms with van der Waals surface area (Å²) in [5.41, 5.74) is 0.499. The summed E-state index contributed by atoms with van der Waals surface area (Å²) in [5, 5.41) is 0. The Morgan fingerprint density at radius 3 is 3.21 bits per heavy atom. The summed E-state index contributed by atoms with van der Waals surface area (Å²) in [6, 6.07) is 1.78. The summed E-state index contributed by atoms with van der Waals surface area (Å²) in [6.45, 7) is 5.71. The van der Waals surface area contributed by atoms with Gasteiger partial charge in [-0.3, -0.25) is 4.79 Å². The Balaban J connectivity index is 2.38. The highest BCUT2D eigenvalue weighted by Crippen LogP contribution is 2.38. The minimum absolute atomic E-state index is 0.201. The Morgan fingerprint density at radius 1 is 1.71 bits per heavy atom. The number of rotatable bonds is 2. The molecule has 0 saturated heterocycles. The molecule has 1 heterocycles. The molecular formula is C12H14O2. The Kier molecular flexibility index (Phi) is 2.06. The summed E-state index contributed by atoms with van der Waals surface area (Å²) in [6.07, 6.45) is 5.89. The van der Waals surface area contributed by atoms with Gasteiger partial charge in [0.2, 0.25) is 0 Å². The van der Waals surface area contributed by atoms with Crippen LogP contribution in [0, 0.1) is 5.41 Å². The lowest BCUT2D eigenvalue weighted by molar-refractivity contribution is 0.0782. The zero-order valence-corrected chi connectivity index (χ0v) is 8.38. The lowest BCUT2D eigenvalue weighted by Crippen LogP contribution is -2.32. The van der Waals surface area contributed by atoms with Crippen molar-refractivity contribution in [2.24, 2.45) is 5.41 Å². The van der Waals surface area contributed by atoms with Gasteiger partial charge in [0.05, 0.1) is 11.8 Å². The predicted molar refractivity (Wildman–Crippen MR) is 54.3 cm³/mol. The lowest BCUT2D eigenvalue weighted by atomic mass is 9.72. The van der Waals surface area contributed by atoms with Crippen LogP contribution in [0.3, 0.4) is 0 Å². The van der Waals surface area contributed by atoms with Gasteiger partial charge in [-0.2, -0.15) is 0 Å². The average Bonchev–Trinajstić information content (AvgIpc) is 2.61. The molecule has 14 heavy (non-hydrogen) atoms. The van der Waals surface area contributed by atoms with Gasteiger partial charge in [-0.25, -0.2) is 0 Å². The van der Waals surface area contributed by atoms with Gasteiger partial charge < -0.3 is 4.42 Å². The van der Waals surface area contributed by atoms with Crippen LogP contribution < -0.4 is 0 Å². The number of Topliss-reactive ketones (excluding diaryl/α,β-unsaturated/α-hetero) is 1. The molecule has 1 atom stereocenters. The van der Waals surface area contributed by atoms with E-state index in [1.54, 1.807) is 12.3 Å². The van der Waals surface area contributed by atoms with E-state index in [1.165, 1.54) is 0 Å². The van der Waals surface area contributed by atoms with Crippen LogP contribution in [0.1, 0.15) is 35.9 Å². The van der Waals surface area contributed by atoms with Gasteiger partial charge in [-0.05, 0) is 18.9 Å². The number of carbonyl (C=O) groups excluding carboxylic acids is 1. The smallest absolute Gasteiger partial charge is 0.172 e. The van der Waals surface area contributed by atoms with Crippen LogP contribution in [-0.2, 0) is 6.42 Å². The number of furan rings is 1. The van der Waals surface area contributed by atoms with Gasteiger partial charge in [0.15, 0.2) is 5.78 Å². The molecule has 0 amide bonds. The van der Waals surface area contributed by atoms with Crippen molar-refractivity contribution in [3.63, 3.8) is 0 Å². The van der Waals surface area contributed by atoms with Crippen LogP contribution in [0.2, 0.25) is 0 Å². The highest BCUT2D eigenvalue weighted by molar-refractivity contribution is 6.02. The Bertz CT molecular complexity index is 375. The third kappa shape index (κ3) is 1.22. The van der Waals surface area contributed by atoms with Crippen LogP contribution in [0.25, 0.3) is 0 Å². The SMILES string of the molecule is C=CC[C@@]1(C)CCc2occc2C1=O. The van der Waals surface area contributed by atoms with Gasteiger partial charge >= 0.3 is 0 Å². The molecule has 0 aromatic carbocycles. The van der Waals surface area contributed by atoms with E-state index < -0.39 is 0 Å². The molecule has 74 valence electrons. The molecule has 0 radical (unpaired) electrons. The van der Waals surface area contributed by atoms with Crippen molar-refractivity contribution in [1.29, 1.82) is 0 Å². The summed E-state index contributed by atoms with van der Waals surface area (Å²) >= 11 is 0. The number of aryl methyl sites for hydroxylation is 1. The second-order valence-corrected chi connectivity index (χ2v) is 4.14. The maximum atomic E-state index is 12.1. The molecule has 2 heteroatoms. The van der Waals surface area contributed by atoms with E-state index in [9.17, 15) is 4.79 Å². The fourth-order valence-electron chi connectivity index (χ4n) is 2.08. The highest BCUT2D eigenvalue weighted by atomic mass is 16.3. The quantitative estimate of drug-likeness (QED) is 0.671. The van der Waals surface area contributed by atoms with Crippen molar-refractivity contribution < 1.29 is 9.21 Å². The fraction of sp³-hybridized carbons (Fsp3) is 0.417. The number of hydrogen-bond donors (Lipinski definition) is 0. The maximum Gasteiger partial charge on any atom is 0.172 e. The molecule has 1 aliphatic rings. The van der Waals surface area contributed by atoms with Crippen LogP contribution in [-0.4, -0.2) is 5.78 Å². The van der Waals surface area contributed by atoms with Gasteiger partial charge in [0, 0.05) is 11.8 Å².